The maximum Gasteiger partial charge on any atom is 0.326 e. The molecule has 0 amide bonds. The number of esters is 1. The van der Waals surface area contributed by atoms with Gasteiger partial charge in [-0.25, -0.2) is 0 Å². The zero-order valence-electron chi connectivity index (χ0n) is 11.8. The van der Waals surface area contributed by atoms with Gasteiger partial charge in [0, 0.05) is 18.6 Å². The third-order valence-corrected chi connectivity index (χ3v) is 4.51. The van der Waals surface area contributed by atoms with E-state index in [-0.39, 0.29) is 5.97 Å². The molecule has 4 nitrogen and oxygen atoms in total. The quantitative estimate of drug-likeness (QED) is 0.776. The molecule has 0 aromatic heterocycles. The Hall–Kier alpha value is -0.610. The summed E-state index contributed by atoms with van der Waals surface area (Å²) < 4.78 is 5.11. The summed E-state index contributed by atoms with van der Waals surface area (Å²) in [5, 5.41) is 0. The van der Waals surface area contributed by atoms with Crippen LogP contribution in [0.4, 0.5) is 0 Å². The van der Waals surface area contributed by atoms with Crippen molar-refractivity contribution in [2.75, 3.05) is 13.2 Å². The lowest BCUT2D eigenvalue weighted by Gasteiger charge is -2.29. The standard InChI is InChI=1S/C14H26N2O2/c1-4-18-13(17)14(15)6-5-12(8-14)16-9-10(2)7-11(16)3/h10-12H,4-9,15H2,1-3H3. The summed E-state index contributed by atoms with van der Waals surface area (Å²) in [7, 11) is 0. The van der Waals surface area contributed by atoms with Crippen LogP contribution in [0.5, 0.6) is 0 Å². The molecule has 1 saturated heterocycles. The number of carbonyl (C=O) groups is 1. The number of hydrogen-bond acceptors (Lipinski definition) is 4. The molecule has 0 aromatic rings. The number of nitrogens with zero attached hydrogens (tertiary/aromatic N) is 1. The molecule has 0 radical (unpaired) electrons. The first kappa shape index (κ1) is 13.8. The number of ether oxygens (including phenoxy) is 1. The molecule has 0 bridgehead atoms. The summed E-state index contributed by atoms with van der Waals surface area (Å²) in [6, 6.07) is 1.08. The molecule has 0 spiro atoms. The van der Waals surface area contributed by atoms with Crippen LogP contribution >= 0.6 is 0 Å². The van der Waals surface area contributed by atoms with Crippen molar-refractivity contribution in [3.05, 3.63) is 0 Å². The third-order valence-electron chi connectivity index (χ3n) is 4.51. The lowest BCUT2D eigenvalue weighted by Crippen LogP contribution is -2.48. The van der Waals surface area contributed by atoms with Crippen molar-refractivity contribution in [2.24, 2.45) is 11.7 Å². The van der Waals surface area contributed by atoms with Crippen molar-refractivity contribution in [3.63, 3.8) is 0 Å². The van der Waals surface area contributed by atoms with Gasteiger partial charge >= 0.3 is 5.97 Å². The Morgan fingerprint density at radius 3 is 2.78 bits per heavy atom. The van der Waals surface area contributed by atoms with Crippen LogP contribution in [0.25, 0.3) is 0 Å². The second kappa shape index (κ2) is 5.17. The van der Waals surface area contributed by atoms with Crippen LogP contribution in [0.2, 0.25) is 0 Å². The van der Waals surface area contributed by atoms with Gasteiger partial charge < -0.3 is 10.5 Å². The van der Waals surface area contributed by atoms with Crippen LogP contribution in [-0.2, 0) is 9.53 Å². The number of hydrogen-bond donors (Lipinski definition) is 1. The predicted molar refractivity (Wildman–Crippen MR) is 71.1 cm³/mol. The lowest BCUT2D eigenvalue weighted by atomic mass is 9.99. The highest BCUT2D eigenvalue weighted by Crippen LogP contribution is 2.36. The summed E-state index contributed by atoms with van der Waals surface area (Å²) in [6.07, 6.45) is 3.79. The third kappa shape index (κ3) is 2.54. The summed E-state index contributed by atoms with van der Waals surface area (Å²) in [4.78, 5) is 14.4. The van der Waals surface area contributed by atoms with Crippen LogP contribution in [0, 0.1) is 5.92 Å². The van der Waals surface area contributed by atoms with Crippen molar-refractivity contribution >= 4 is 5.97 Å². The van der Waals surface area contributed by atoms with Crippen LogP contribution in [0.15, 0.2) is 0 Å². The molecular formula is C14H26N2O2. The molecule has 1 heterocycles. The zero-order chi connectivity index (χ0) is 13.3. The highest BCUT2D eigenvalue weighted by atomic mass is 16.5. The summed E-state index contributed by atoms with van der Waals surface area (Å²) >= 11 is 0. The summed E-state index contributed by atoms with van der Waals surface area (Å²) in [6.45, 7) is 7.97. The van der Waals surface area contributed by atoms with Gasteiger partial charge in [0.05, 0.1) is 6.61 Å². The Kier molecular flexibility index (Phi) is 3.97. The van der Waals surface area contributed by atoms with E-state index in [0.29, 0.717) is 18.7 Å². The van der Waals surface area contributed by atoms with Gasteiger partial charge in [-0.05, 0) is 45.4 Å². The number of carbonyl (C=O) groups excluding carboxylic acids is 1. The van der Waals surface area contributed by atoms with Crippen molar-refractivity contribution in [1.29, 1.82) is 0 Å². The minimum atomic E-state index is -0.744. The number of rotatable bonds is 3. The molecule has 18 heavy (non-hydrogen) atoms. The second-order valence-corrected chi connectivity index (χ2v) is 6.16. The van der Waals surface area contributed by atoms with Gasteiger partial charge in [-0.3, -0.25) is 9.69 Å². The molecular weight excluding hydrogens is 228 g/mol. The molecule has 2 rings (SSSR count). The Morgan fingerprint density at radius 2 is 2.22 bits per heavy atom. The van der Waals surface area contributed by atoms with E-state index in [9.17, 15) is 4.79 Å². The Bertz CT molecular complexity index is 321. The first-order valence-corrected chi connectivity index (χ1v) is 7.18. The summed E-state index contributed by atoms with van der Waals surface area (Å²) in [5.41, 5.74) is 5.48. The summed E-state index contributed by atoms with van der Waals surface area (Å²) in [5.74, 6) is 0.544. The van der Waals surface area contributed by atoms with E-state index in [0.717, 1.165) is 31.7 Å². The van der Waals surface area contributed by atoms with Crippen LogP contribution in [-0.4, -0.2) is 41.6 Å². The molecule has 0 aromatic carbocycles. The smallest absolute Gasteiger partial charge is 0.326 e. The highest BCUT2D eigenvalue weighted by molar-refractivity contribution is 5.81. The van der Waals surface area contributed by atoms with Gasteiger partial charge in [-0.1, -0.05) is 6.92 Å². The van der Waals surface area contributed by atoms with E-state index in [2.05, 4.69) is 18.7 Å². The van der Waals surface area contributed by atoms with E-state index < -0.39 is 5.54 Å². The largest absolute Gasteiger partial charge is 0.465 e. The van der Waals surface area contributed by atoms with E-state index in [1.54, 1.807) is 0 Å². The molecule has 1 saturated carbocycles. The number of likely N-dealkylation sites (tertiary alicyclic amines) is 1. The maximum absolute atomic E-state index is 11.9. The van der Waals surface area contributed by atoms with E-state index in [1.165, 1.54) is 6.42 Å². The maximum atomic E-state index is 11.9. The molecule has 104 valence electrons. The van der Waals surface area contributed by atoms with Crippen molar-refractivity contribution in [3.8, 4) is 0 Å². The molecule has 2 N–H and O–H groups in total. The average molecular weight is 254 g/mol. The highest BCUT2D eigenvalue weighted by Gasteiger charge is 2.46. The van der Waals surface area contributed by atoms with Crippen LogP contribution < -0.4 is 5.73 Å². The van der Waals surface area contributed by atoms with Crippen molar-refractivity contribution in [1.82, 2.24) is 4.90 Å². The van der Waals surface area contributed by atoms with E-state index in [4.69, 9.17) is 10.5 Å². The molecule has 2 fully saturated rings. The van der Waals surface area contributed by atoms with Gasteiger partial charge in [-0.15, -0.1) is 0 Å². The topological polar surface area (TPSA) is 55.6 Å². The molecule has 4 atom stereocenters. The normalized spacial score (nSPS) is 41.2. The first-order valence-electron chi connectivity index (χ1n) is 7.18. The lowest BCUT2D eigenvalue weighted by molar-refractivity contribution is -0.149. The Balaban J connectivity index is 1.97. The van der Waals surface area contributed by atoms with Crippen LogP contribution in [0.1, 0.15) is 46.5 Å². The van der Waals surface area contributed by atoms with Crippen LogP contribution in [0.3, 0.4) is 0 Å². The molecule has 2 aliphatic rings. The Labute approximate surface area is 110 Å². The fraction of sp³-hybridized carbons (Fsp3) is 0.929. The second-order valence-electron chi connectivity index (χ2n) is 6.16. The molecule has 4 heteroatoms. The fourth-order valence-corrected chi connectivity index (χ4v) is 3.63. The minimum absolute atomic E-state index is 0.215. The van der Waals surface area contributed by atoms with Gasteiger partial charge in [-0.2, -0.15) is 0 Å². The molecule has 1 aliphatic heterocycles. The van der Waals surface area contributed by atoms with E-state index >= 15 is 0 Å². The van der Waals surface area contributed by atoms with Crippen molar-refractivity contribution in [2.45, 2.75) is 64.1 Å². The number of nitrogens with two attached hydrogens (primary N) is 1. The van der Waals surface area contributed by atoms with Crippen molar-refractivity contribution < 1.29 is 9.53 Å². The van der Waals surface area contributed by atoms with Gasteiger partial charge in [0.25, 0.3) is 0 Å². The molecule has 4 unspecified atom stereocenters. The SMILES string of the molecule is CCOC(=O)C1(N)CCC(N2CC(C)CC2C)C1. The monoisotopic (exact) mass is 254 g/mol. The fourth-order valence-electron chi connectivity index (χ4n) is 3.63. The average Bonchev–Trinajstić information content (AvgIpc) is 2.84. The van der Waals surface area contributed by atoms with E-state index in [1.807, 2.05) is 6.92 Å². The van der Waals surface area contributed by atoms with Gasteiger partial charge in [0.1, 0.15) is 5.54 Å². The minimum Gasteiger partial charge on any atom is -0.465 e. The Morgan fingerprint density at radius 1 is 1.50 bits per heavy atom. The van der Waals surface area contributed by atoms with Gasteiger partial charge in [0.15, 0.2) is 0 Å². The predicted octanol–water partition coefficient (Wildman–Crippen LogP) is 1.53. The first-order chi connectivity index (χ1) is 8.46. The zero-order valence-corrected chi connectivity index (χ0v) is 11.8. The van der Waals surface area contributed by atoms with Gasteiger partial charge in [0.2, 0.25) is 0 Å². The molecule has 1 aliphatic carbocycles.